The Bertz CT molecular complexity index is 1020. The van der Waals surface area contributed by atoms with Crippen LogP contribution in [0, 0.1) is 0 Å². The molecule has 176 valence electrons. The Balaban J connectivity index is 1.89. The van der Waals surface area contributed by atoms with E-state index in [1.165, 1.54) is 7.11 Å². The lowest BCUT2D eigenvalue weighted by atomic mass is 10.0. The molecule has 1 aromatic rings. The molecule has 0 spiro atoms. The fraction of sp³-hybridized carbons (Fsp3) is 0.529. The van der Waals surface area contributed by atoms with Crippen LogP contribution in [-0.2, 0) is 28.5 Å². The molecule has 0 unspecified atom stereocenters. The number of aromatic nitrogens is 2. The number of carboxylic acids is 1. The van der Waals surface area contributed by atoms with E-state index in [9.17, 15) is 34.5 Å². The summed E-state index contributed by atoms with van der Waals surface area (Å²) in [4.78, 5) is 48.6. The molecular formula is C17H21N3O12. The highest BCUT2D eigenvalue weighted by Crippen LogP contribution is 2.34. The van der Waals surface area contributed by atoms with Gasteiger partial charge >= 0.3 is 11.7 Å². The first-order chi connectivity index (χ1) is 15.0. The molecule has 32 heavy (non-hydrogen) atoms. The minimum Gasteiger partial charge on any atom is -0.475 e. The number of methoxy groups -OCH3 is 1. The van der Waals surface area contributed by atoms with E-state index in [1.54, 1.807) is 0 Å². The molecule has 15 nitrogen and oxygen atoms in total. The Hall–Kier alpha value is -3.08. The van der Waals surface area contributed by atoms with Crippen LogP contribution in [0.3, 0.4) is 0 Å². The fourth-order valence-electron chi connectivity index (χ4n) is 3.38. The largest absolute Gasteiger partial charge is 0.475 e. The van der Waals surface area contributed by atoms with Crippen LogP contribution in [0.2, 0.25) is 0 Å². The maximum absolute atomic E-state index is 12.1. The van der Waals surface area contributed by atoms with Crippen LogP contribution in [0.1, 0.15) is 6.23 Å². The summed E-state index contributed by atoms with van der Waals surface area (Å²) < 4.78 is 21.9. The molecule has 7 N–H and O–H groups in total. The predicted molar refractivity (Wildman–Crippen MR) is 98.7 cm³/mol. The van der Waals surface area contributed by atoms with E-state index in [0.29, 0.717) is 0 Å². The number of nitrogens with zero attached hydrogens (tertiary/aromatic N) is 1. The summed E-state index contributed by atoms with van der Waals surface area (Å²) in [5, 5.41) is 39.6. The van der Waals surface area contributed by atoms with Crippen molar-refractivity contribution in [2.75, 3.05) is 7.11 Å². The van der Waals surface area contributed by atoms with Crippen molar-refractivity contribution in [3.63, 3.8) is 0 Å². The zero-order chi connectivity index (χ0) is 23.7. The zero-order valence-corrected chi connectivity index (χ0v) is 16.4. The number of aliphatic hydroxyl groups excluding tert-OH is 3. The van der Waals surface area contributed by atoms with E-state index in [4.69, 9.17) is 29.8 Å². The normalized spacial score (nSPS) is 33.2. The van der Waals surface area contributed by atoms with Gasteiger partial charge in [-0.3, -0.25) is 19.1 Å². The highest BCUT2D eigenvalue weighted by Gasteiger charge is 2.52. The van der Waals surface area contributed by atoms with E-state index in [1.807, 2.05) is 4.98 Å². The molecule has 3 rings (SSSR count). The van der Waals surface area contributed by atoms with E-state index >= 15 is 0 Å². The first-order valence-corrected chi connectivity index (χ1v) is 9.15. The van der Waals surface area contributed by atoms with E-state index in [0.717, 1.165) is 22.9 Å². The second-order valence-electron chi connectivity index (χ2n) is 6.96. The van der Waals surface area contributed by atoms with Crippen molar-refractivity contribution in [1.29, 1.82) is 0 Å². The standard InChI is InChI=1S/C17H21N3O12/c1-29-10-9(24)14(20-3-2-7(22)19-17(20)28)31-11(10)12(13(18)25)32-16-8(23)5(21)4-6(30-16)15(26)27/h2-5,8-12,14,16,21,23-24H,1H3,(H2,18,25)(H,26,27)(H,19,22,28)/t5-,8+,9-,10+,11+,12+,14-,16+/m1/s1. The molecule has 1 amide bonds. The Kier molecular flexibility index (Phi) is 6.77. The maximum atomic E-state index is 12.1. The van der Waals surface area contributed by atoms with Crippen molar-refractivity contribution in [2.45, 2.75) is 49.1 Å². The number of H-pyrrole nitrogens is 1. The molecule has 0 aromatic carbocycles. The molecule has 1 saturated heterocycles. The molecule has 0 radical (unpaired) electrons. The monoisotopic (exact) mass is 459 g/mol. The molecule has 1 fully saturated rings. The van der Waals surface area contributed by atoms with Crippen molar-refractivity contribution < 1.29 is 49.0 Å². The molecule has 8 atom stereocenters. The minimum atomic E-state index is -1.85. The number of aliphatic hydroxyl groups is 3. The van der Waals surface area contributed by atoms with Crippen molar-refractivity contribution in [3.8, 4) is 0 Å². The summed E-state index contributed by atoms with van der Waals surface area (Å²) in [6.45, 7) is 0. The number of primary amides is 1. The van der Waals surface area contributed by atoms with Gasteiger partial charge in [0.1, 0.15) is 30.5 Å². The quantitative estimate of drug-likeness (QED) is 0.227. The minimum absolute atomic E-state index is 0.693. The number of rotatable bonds is 7. The van der Waals surface area contributed by atoms with Gasteiger partial charge in [-0.05, 0) is 6.08 Å². The lowest BCUT2D eigenvalue weighted by Gasteiger charge is -2.34. The Morgan fingerprint density at radius 2 is 1.94 bits per heavy atom. The van der Waals surface area contributed by atoms with Crippen LogP contribution in [0.5, 0.6) is 0 Å². The van der Waals surface area contributed by atoms with E-state index in [-0.39, 0.29) is 0 Å². The number of hydrogen-bond acceptors (Lipinski definition) is 11. The van der Waals surface area contributed by atoms with Crippen LogP contribution in [-0.4, -0.2) is 91.9 Å². The number of carbonyl (C=O) groups is 2. The highest BCUT2D eigenvalue weighted by atomic mass is 16.7. The molecular weight excluding hydrogens is 438 g/mol. The molecule has 0 bridgehead atoms. The molecule has 15 heteroatoms. The van der Waals surface area contributed by atoms with Crippen LogP contribution >= 0.6 is 0 Å². The van der Waals surface area contributed by atoms with Crippen molar-refractivity contribution in [3.05, 3.63) is 44.9 Å². The number of aliphatic carboxylic acids is 1. The van der Waals surface area contributed by atoms with Gasteiger partial charge in [0, 0.05) is 19.4 Å². The molecule has 0 saturated carbocycles. The molecule has 3 heterocycles. The first kappa shape index (κ1) is 23.6. The van der Waals surface area contributed by atoms with Crippen molar-refractivity contribution in [2.24, 2.45) is 5.73 Å². The van der Waals surface area contributed by atoms with Gasteiger partial charge in [0.25, 0.3) is 5.56 Å². The number of aromatic amines is 1. The van der Waals surface area contributed by atoms with Crippen LogP contribution in [0.15, 0.2) is 33.7 Å². The Morgan fingerprint density at radius 3 is 2.50 bits per heavy atom. The second-order valence-corrected chi connectivity index (χ2v) is 6.96. The Labute approximate surface area is 178 Å². The maximum Gasteiger partial charge on any atom is 0.371 e. The highest BCUT2D eigenvalue weighted by molar-refractivity contribution is 5.84. The number of carboxylic acid groups (broad SMARTS) is 1. The summed E-state index contributed by atoms with van der Waals surface area (Å²) in [5.74, 6) is -3.49. The summed E-state index contributed by atoms with van der Waals surface area (Å²) in [7, 11) is 1.17. The molecule has 2 aliphatic rings. The topological polar surface area (TPSA) is 233 Å². The summed E-state index contributed by atoms with van der Waals surface area (Å²) in [6.07, 6.45) is -11.1. The van der Waals surface area contributed by atoms with Gasteiger partial charge in [0.15, 0.2) is 12.3 Å². The van der Waals surface area contributed by atoms with Gasteiger partial charge in [0.05, 0.1) is 0 Å². The average molecular weight is 459 g/mol. The third-order valence-electron chi connectivity index (χ3n) is 4.91. The lowest BCUT2D eigenvalue weighted by molar-refractivity contribution is -0.242. The van der Waals surface area contributed by atoms with Crippen molar-refractivity contribution >= 4 is 11.9 Å². The number of nitrogens with two attached hydrogens (primary N) is 1. The summed E-state index contributed by atoms with van der Waals surface area (Å²) in [6, 6.07) is 1.00. The van der Waals surface area contributed by atoms with Crippen LogP contribution in [0.25, 0.3) is 0 Å². The van der Waals surface area contributed by atoms with Gasteiger partial charge in [-0.2, -0.15) is 0 Å². The number of carbonyl (C=O) groups excluding carboxylic acids is 1. The van der Waals surface area contributed by atoms with Gasteiger partial charge in [0.2, 0.25) is 18.0 Å². The van der Waals surface area contributed by atoms with Crippen LogP contribution in [0.4, 0.5) is 0 Å². The van der Waals surface area contributed by atoms with Crippen LogP contribution < -0.4 is 17.0 Å². The van der Waals surface area contributed by atoms with Gasteiger partial charge < -0.3 is 45.1 Å². The number of amides is 1. The Morgan fingerprint density at radius 1 is 1.25 bits per heavy atom. The van der Waals surface area contributed by atoms with E-state index in [2.05, 4.69) is 0 Å². The summed E-state index contributed by atoms with van der Waals surface area (Å²) >= 11 is 0. The van der Waals surface area contributed by atoms with E-state index < -0.39 is 78.0 Å². The third kappa shape index (κ3) is 4.43. The molecule has 2 aliphatic heterocycles. The SMILES string of the molecule is CO[C@H]1[C@@H](O)[C@H](n2ccc(=O)[nH]c2=O)O[C@@H]1[C@H](O[C@@H]1OC(C(=O)O)=C[C@@H](O)[C@@H]1O)C(N)=O. The second kappa shape index (κ2) is 9.19. The molecule has 1 aromatic heterocycles. The number of ether oxygens (including phenoxy) is 4. The van der Waals surface area contributed by atoms with Crippen molar-refractivity contribution in [1.82, 2.24) is 9.55 Å². The smallest absolute Gasteiger partial charge is 0.371 e. The number of nitrogens with one attached hydrogen (secondary N) is 1. The fourth-order valence-corrected chi connectivity index (χ4v) is 3.38. The average Bonchev–Trinajstić information content (AvgIpc) is 3.04. The van der Waals surface area contributed by atoms with Gasteiger partial charge in [-0.1, -0.05) is 0 Å². The van der Waals surface area contributed by atoms with Gasteiger partial charge in [-0.15, -0.1) is 0 Å². The summed E-state index contributed by atoms with van der Waals surface area (Å²) in [5.41, 5.74) is 3.77. The first-order valence-electron chi connectivity index (χ1n) is 9.15. The predicted octanol–water partition coefficient (Wildman–Crippen LogP) is -4.27. The zero-order valence-electron chi connectivity index (χ0n) is 16.4. The number of hydrogen-bond donors (Lipinski definition) is 6. The third-order valence-corrected chi connectivity index (χ3v) is 4.91. The lowest BCUT2D eigenvalue weighted by Crippen LogP contribution is -2.53. The van der Waals surface area contributed by atoms with Gasteiger partial charge in [-0.25, -0.2) is 9.59 Å². The molecule has 0 aliphatic carbocycles.